The lowest BCUT2D eigenvalue weighted by atomic mass is 9.81. The molecule has 2 aromatic carbocycles. The van der Waals surface area contributed by atoms with E-state index in [0.29, 0.717) is 6.42 Å². The Bertz CT molecular complexity index is 752. The van der Waals surface area contributed by atoms with Crippen molar-refractivity contribution in [1.29, 1.82) is 0 Å². The van der Waals surface area contributed by atoms with Gasteiger partial charge in [-0.15, -0.1) is 0 Å². The summed E-state index contributed by atoms with van der Waals surface area (Å²) in [5, 5.41) is 11.5. The molecule has 132 valence electrons. The molecular weight excluding hydrogens is 306 g/mol. The molecular formula is C23H29NO. The first-order chi connectivity index (χ1) is 11.9. The van der Waals surface area contributed by atoms with Crippen LogP contribution < -0.4 is 0 Å². The van der Waals surface area contributed by atoms with Gasteiger partial charge in [0.25, 0.3) is 0 Å². The van der Waals surface area contributed by atoms with E-state index in [1.807, 2.05) is 18.2 Å². The summed E-state index contributed by atoms with van der Waals surface area (Å²) in [6.45, 7) is 9.54. The first kappa shape index (κ1) is 17.9. The molecule has 2 nitrogen and oxygen atoms in total. The van der Waals surface area contributed by atoms with Gasteiger partial charge in [-0.2, -0.15) is 0 Å². The summed E-state index contributed by atoms with van der Waals surface area (Å²) in [6, 6.07) is 16.9. The number of benzene rings is 2. The van der Waals surface area contributed by atoms with Crippen molar-refractivity contribution in [3.8, 4) is 0 Å². The molecule has 1 N–H and O–H groups in total. The topological polar surface area (TPSA) is 23.5 Å². The maximum absolute atomic E-state index is 11.5. The highest BCUT2D eigenvalue weighted by Gasteiger charge is 2.45. The number of likely N-dealkylation sites (tertiary alicyclic amines) is 1. The molecule has 0 unspecified atom stereocenters. The largest absolute Gasteiger partial charge is 0.387 e. The highest BCUT2D eigenvalue weighted by atomic mass is 16.3. The molecule has 0 spiro atoms. The summed E-state index contributed by atoms with van der Waals surface area (Å²) in [4.78, 5) is 2.26. The molecule has 1 saturated heterocycles. The van der Waals surface area contributed by atoms with Crippen LogP contribution in [0, 0.1) is 6.92 Å². The van der Waals surface area contributed by atoms with Gasteiger partial charge in [0.15, 0.2) is 0 Å². The molecule has 2 atom stereocenters. The summed E-state index contributed by atoms with van der Waals surface area (Å²) < 4.78 is 0. The van der Waals surface area contributed by atoms with E-state index < -0.39 is 5.60 Å². The lowest BCUT2D eigenvalue weighted by Gasteiger charge is -2.34. The zero-order valence-corrected chi connectivity index (χ0v) is 15.6. The van der Waals surface area contributed by atoms with Gasteiger partial charge in [0, 0.05) is 13.0 Å². The number of likely N-dealkylation sites (N-methyl/N-ethyl adjacent to an activating group) is 1. The Hall–Kier alpha value is -1.90. The average Bonchev–Trinajstić information content (AvgIpc) is 2.90. The third-order valence-electron chi connectivity index (χ3n) is 5.57. The normalized spacial score (nSPS) is 23.8. The Balaban J connectivity index is 1.89. The first-order valence-electron chi connectivity index (χ1n) is 9.20. The van der Waals surface area contributed by atoms with Gasteiger partial charge in [-0.25, -0.2) is 0 Å². The lowest BCUT2D eigenvalue weighted by molar-refractivity contribution is 0.0120. The van der Waals surface area contributed by atoms with E-state index in [4.69, 9.17) is 0 Å². The van der Waals surface area contributed by atoms with Gasteiger partial charge in [0.05, 0.1) is 11.6 Å². The van der Waals surface area contributed by atoms with E-state index in [2.05, 4.69) is 62.7 Å². The fourth-order valence-corrected chi connectivity index (χ4v) is 4.17. The quantitative estimate of drug-likeness (QED) is 0.851. The van der Waals surface area contributed by atoms with Gasteiger partial charge in [0.1, 0.15) is 0 Å². The molecule has 1 heterocycles. The molecule has 0 radical (unpaired) electrons. The Kier molecular flexibility index (Phi) is 5.12. The Morgan fingerprint density at radius 3 is 2.64 bits per heavy atom. The van der Waals surface area contributed by atoms with Crippen molar-refractivity contribution >= 4 is 5.57 Å². The minimum absolute atomic E-state index is 0.0140. The average molecular weight is 335 g/mol. The third kappa shape index (κ3) is 3.56. The molecule has 25 heavy (non-hydrogen) atoms. The van der Waals surface area contributed by atoms with Gasteiger partial charge >= 0.3 is 0 Å². The Labute approximate surface area is 151 Å². The van der Waals surface area contributed by atoms with Crippen molar-refractivity contribution in [1.82, 2.24) is 4.90 Å². The maximum Gasteiger partial charge on any atom is 0.0895 e. The Morgan fingerprint density at radius 1 is 1.24 bits per heavy atom. The van der Waals surface area contributed by atoms with Crippen molar-refractivity contribution in [3.05, 3.63) is 77.4 Å². The highest BCUT2D eigenvalue weighted by Crippen LogP contribution is 2.44. The van der Waals surface area contributed by atoms with Crippen LogP contribution in [0.3, 0.4) is 0 Å². The fourth-order valence-electron chi connectivity index (χ4n) is 4.17. The summed E-state index contributed by atoms with van der Waals surface area (Å²) in [5.74, 6) is 0. The van der Waals surface area contributed by atoms with Crippen LogP contribution in [-0.4, -0.2) is 29.2 Å². The number of aryl methyl sites for hydroxylation is 2. The van der Waals surface area contributed by atoms with Crippen molar-refractivity contribution < 1.29 is 5.11 Å². The lowest BCUT2D eigenvalue weighted by Crippen LogP contribution is -2.36. The number of rotatable bonds is 5. The molecule has 0 aromatic heterocycles. The number of hydrogen-bond acceptors (Lipinski definition) is 2. The molecule has 2 aromatic rings. The van der Waals surface area contributed by atoms with Crippen molar-refractivity contribution in [2.75, 3.05) is 13.6 Å². The summed E-state index contributed by atoms with van der Waals surface area (Å²) in [7, 11) is 2.10. The van der Waals surface area contributed by atoms with Crippen LogP contribution in [0.4, 0.5) is 0 Å². The predicted molar refractivity (Wildman–Crippen MR) is 106 cm³/mol. The van der Waals surface area contributed by atoms with Crippen LogP contribution in [0.2, 0.25) is 0 Å². The zero-order valence-electron chi connectivity index (χ0n) is 15.6. The van der Waals surface area contributed by atoms with Gasteiger partial charge in [-0.3, -0.25) is 4.90 Å². The minimum Gasteiger partial charge on any atom is -0.387 e. The summed E-state index contributed by atoms with van der Waals surface area (Å²) in [6.07, 6.45) is 2.39. The van der Waals surface area contributed by atoms with E-state index in [0.717, 1.165) is 25.0 Å². The smallest absolute Gasteiger partial charge is 0.0895 e. The predicted octanol–water partition coefficient (Wildman–Crippen LogP) is 4.77. The van der Waals surface area contributed by atoms with Gasteiger partial charge in [0.2, 0.25) is 0 Å². The van der Waals surface area contributed by atoms with Crippen LogP contribution in [0.25, 0.3) is 5.57 Å². The second-order valence-electron chi connectivity index (χ2n) is 7.43. The van der Waals surface area contributed by atoms with E-state index in [9.17, 15) is 5.11 Å². The SMILES string of the molecule is C=C(C[C@]1(O)CCN(C)[C@H]1c1ccccc1)c1cc(CC)ccc1C. The minimum atomic E-state index is -0.776. The molecule has 1 aliphatic rings. The molecule has 1 aliphatic heterocycles. The van der Waals surface area contributed by atoms with Gasteiger partial charge < -0.3 is 5.11 Å². The molecule has 0 bridgehead atoms. The number of hydrogen-bond donors (Lipinski definition) is 1. The van der Waals surface area contributed by atoms with Crippen LogP contribution >= 0.6 is 0 Å². The van der Waals surface area contributed by atoms with Crippen LogP contribution in [0.15, 0.2) is 55.1 Å². The van der Waals surface area contributed by atoms with Gasteiger partial charge in [-0.1, -0.05) is 62.0 Å². The summed E-state index contributed by atoms with van der Waals surface area (Å²) in [5.41, 5.74) is 5.17. The van der Waals surface area contributed by atoms with Crippen LogP contribution in [0.5, 0.6) is 0 Å². The zero-order chi connectivity index (χ0) is 18.0. The number of aliphatic hydroxyl groups is 1. The number of nitrogens with zero attached hydrogens (tertiary/aromatic N) is 1. The van der Waals surface area contributed by atoms with E-state index in [-0.39, 0.29) is 6.04 Å². The van der Waals surface area contributed by atoms with E-state index in [1.54, 1.807) is 0 Å². The van der Waals surface area contributed by atoms with Crippen LogP contribution in [0.1, 0.15) is 48.1 Å². The maximum atomic E-state index is 11.5. The highest BCUT2D eigenvalue weighted by molar-refractivity contribution is 5.68. The third-order valence-corrected chi connectivity index (χ3v) is 5.57. The second kappa shape index (κ2) is 7.15. The Morgan fingerprint density at radius 2 is 1.96 bits per heavy atom. The first-order valence-corrected chi connectivity index (χ1v) is 9.20. The van der Waals surface area contributed by atoms with Gasteiger partial charge in [-0.05, 0) is 54.6 Å². The summed E-state index contributed by atoms with van der Waals surface area (Å²) >= 11 is 0. The van der Waals surface area contributed by atoms with E-state index in [1.165, 1.54) is 22.3 Å². The fraction of sp³-hybridized carbons (Fsp3) is 0.391. The second-order valence-corrected chi connectivity index (χ2v) is 7.43. The molecule has 0 aliphatic carbocycles. The monoisotopic (exact) mass is 335 g/mol. The van der Waals surface area contributed by atoms with E-state index >= 15 is 0 Å². The van der Waals surface area contributed by atoms with Crippen molar-refractivity contribution in [2.24, 2.45) is 0 Å². The molecule has 2 heteroatoms. The molecule has 1 fully saturated rings. The molecule has 0 amide bonds. The molecule has 0 saturated carbocycles. The molecule has 3 rings (SSSR count). The van der Waals surface area contributed by atoms with Crippen LogP contribution in [-0.2, 0) is 6.42 Å². The standard InChI is InChI=1S/C23H29NO/c1-5-19-12-11-17(2)21(15-19)18(3)16-23(25)13-14-24(4)22(23)20-9-7-6-8-10-20/h6-12,15,22,25H,3,5,13-14,16H2,1-2,4H3/t22-,23+/m0/s1. The van der Waals surface area contributed by atoms with Crippen molar-refractivity contribution in [3.63, 3.8) is 0 Å². The van der Waals surface area contributed by atoms with Crippen molar-refractivity contribution in [2.45, 2.75) is 44.8 Å².